The second-order valence-corrected chi connectivity index (χ2v) is 1.84. The molecule has 0 aromatic heterocycles. The number of benzene rings is 1. The molecule has 0 aliphatic rings. The standard InChI is InChI=1S/C8H10.CO/c1-2-8-6-4-3-5-7-8;1-2/h3-7H,2H2,1H3;. The fourth-order valence-electron chi connectivity index (χ4n) is 0.714. The molecule has 52 valence electrons. The summed E-state index contributed by atoms with van der Waals surface area (Å²) in [5.74, 6) is 0. The molecule has 0 radical (unpaired) electrons. The molecule has 0 heterocycles. The van der Waals surface area contributed by atoms with E-state index in [2.05, 4.69) is 37.8 Å². The number of hydrogen-bond donors (Lipinski definition) is 0. The number of hydrogen-bond acceptors (Lipinski definition) is 0. The predicted molar refractivity (Wildman–Crippen MR) is 39.7 cm³/mol. The van der Waals surface area contributed by atoms with Crippen molar-refractivity contribution in [2.24, 2.45) is 0 Å². The van der Waals surface area contributed by atoms with Crippen LogP contribution in [0.3, 0.4) is 0 Å². The molecule has 1 rings (SSSR count). The van der Waals surface area contributed by atoms with E-state index < -0.39 is 0 Å². The molecule has 1 aromatic carbocycles. The van der Waals surface area contributed by atoms with E-state index in [9.17, 15) is 0 Å². The van der Waals surface area contributed by atoms with Crippen molar-refractivity contribution in [1.82, 2.24) is 0 Å². The van der Waals surface area contributed by atoms with Gasteiger partial charge in [-0.25, -0.2) is 0 Å². The molecule has 0 saturated heterocycles. The van der Waals surface area contributed by atoms with E-state index in [-0.39, 0.29) is 0 Å². The molecule has 0 unspecified atom stereocenters. The predicted octanol–water partition coefficient (Wildman–Crippen LogP) is 2.21. The van der Waals surface area contributed by atoms with Gasteiger partial charge in [-0.2, -0.15) is 0 Å². The van der Waals surface area contributed by atoms with E-state index in [1.54, 1.807) is 0 Å². The molecule has 0 fully saturated rings. The summed E-state index contributed by atoms with van der Waals surface area (Å²) in [6.07, 6.45) is 1.14. The Labute approximate surface area is 61.4 Å². The van der Waals surface area contributed by atoms with Crippen molar-refractivity contribution >= 4 is 0 Å². The Bertz CT molecular complexity index is 176. The molecule has 0 amide bonds. The van der Waals surface area contributed by atoms with Crippen molar-refractivity contribution in [2.75, 3.05) is 0 Å². The molecular formula is C9H10O. The van der Waals surface area contributed by atoms with Gasteiger partial charge in [-0.15, -0.1) is 0 Å². The van der Waals surface area contributed by atoms with Crippen LogP contribution < -0.4 is 0 Å². The molecule has 0 saturated carbocycles. The molecule has 1 aromatic rings. The van der Waals surface area contributed by atoms with E-state index in [4.69, 9.17) is 4.65 Å². The van der Waals surface area contributed by atoms with Gasteiger partial charge in [-0.1, -0.05) is 37.3 Å². The molecule has 0 N–H and O–H groups in total. The molecule has 0 aliphatic heterocycles. The molecule has 1 heteroatoms. The van der Waals surface area contributed by atoms with E-state index in [0.29, 0.717) is 0 Å². The Kier molecular flexibility index (Phi) is 5.45. The first-order valence-corrected chi connectivity index (χ1v) is 3.18. The number of aryl methyl sites for hydroxylation is 1. The topological polar surface area (TPSA) is 19.9 Å². The second-order valence-electron chi connectivity index (χ2n) is 1.84. The number of rotatable bonds is 1. The minimum absolute atomic E-state index is 1.14. The van der Waals surface area contributed by atoms with Crippen molar-refractivity contribution in [2.45, 2.75) is 13.3 Å². The zero-order valence-electron chi connectivity index (χ0n) is 6.00. The van der Waals surface area contributed by atoms with Gasteiger partial charge in [0.2, 0.25) is 0 Å². The molecule has 0 aliphatic carbocycles. The first-order valence-electron chi connectivity index (χ1n) is 3.18. The van der Waals surface area contributed by atoms with Gasteiger partial charge in [0.25, 0.3) is 0 Å². The van der Waals surface area contributed by atoms with Crippen molar-refractivity contribution in [3.8, 4) is 0 Å². The van der Waals surface area contributed by atoms with Crippen molar-refractivity contribution in [1.29, 1.82) is 0 Å². The minimum atomic E-state index is 1.14. The Balaban J connectivity index is 0.000000371. The summed E-state index contributed by atoms with van der Waals surface area (Å²) >= 11 is 0. The van der Waals surface area contributed by atoms with Crippen molar-refractivity contribution in [3.63, 3.8) is 0 Å². The third kappa shape index (κ3) is 3.08. The summed E-state index contributed by atoms with van der Waals surface area (Å²) in [7, 11) is 0. The zero-order valence-corrected chi connectivity index (χ0v) is 6.00. The van der Waals surface area contributed by atoms with Crippen LogP contribution in [0.1, 0.15) is 12.5 Å². The molecule has 10 heavy (non-hydrogen) atoms. The van der Waals surface area contributed by atoms with Crippen LogP contribution in [0.4, 0.5) is 0 Å². The Morgan fingerprint density at radius 1 is 1.20 bits per heavy atom. The van der Waals surface area contributed by atoms with Gasteiger partial charge in [0.05, 0.1) is 0 Å². The van der Waals surface area contributed by atoms with Gasteiger partial charge in [-0.05, 0) is 12.0 Å². The Morgan fingerprint density at radius 3 is 2.00 bits per heavy atom. The SMILES string of the molecule is CCc1ccccc1.[C-]#[O+]. The van der Waals surface area contributed by atoms with E-state index >= 15 is 0 Å². The van der Waals surface area contributed by atoms with Crippen LogP contribution in [0.2, 0.25) is 0 Å². The molecule has 1 nitrogen and oxygen atoms in total. The van der Waals surface area contributed by atoms with Crippen LogP contribution in [0.25, 0.3) is 0 Å². The van der Waals surface area contributed by atoms with Gasteiger partial charge in [0, 0.05) is 0 Å². The fourth-order valence-corrected chi connectivity index (χ4v) is 0.714. The van der Waals surface area contributed by atoms with Gasteiger partial charge >= 0.3 is 11.3 Å². The molecule has 0 spiro atoms. The van der Waals surface area contributed by atoms with Crippen LogP contribution >= 0.6 is 0 Å². The monoisotopic (exact) mass is 134 g/mol. The molecule has 0 bridgehead atoms. The first kappa shape index (κ1) is 8.96. The van der Waals surface area contributed by atoms with Crippen LogP contribution in [-0.4, -0.2) is 0 Å². The second kappa shape index (κ2) is 6.09. The molecule has 0 atom stereocenters. The summed E-state index contributed by atoms with van der Waals surface area (Å²) in [5.41, 5.74) is 1.41. The average molecular weight is 134 g/mol. The van der Waals surface area contributed by atoms with Gasteiger partial charge < -0.3 is 0 Å². The van der Waals surface area contributed by atoms with Crippen molar-refractivity contribution < 1.29 is 4.65 Å². The van der Waals surface area contributed by atoms with E-state index in [0.717, 1.165) is 6.42 Å². The molecular weight excluding hydrogens is 124 g/mol. The first-order chi connectivity index (χ1) is 4.93. The third-order valence-electron chi connectivity index (χ3n) is 1.25. The summed E-state index contributed by atoms with van der Waals surface area (Å²) in [6, 6.07) is 10.5. The van der Waals surface area contributed by atoms with Crippen molar-refractivity contribution in [3.05, 3.63) is 42.5 Å². The Morgan fingerprint density at radius 2 is 1.70 bits per heavy atom. The normalized spacial score (nSPS) is 7.50. The van der Waals surface area contributed by atoms with Crippen LogP contribution in [0.5, 0.6) is 0 Å². The summed E-state index contributed by atoms with van der Waals surface area (Å²) < 4.78 is 7.50. The van der Waals surface area contributed by atoms with Crippen LogP contribution in [-0.2, 0) is 11.1 Å². The van der Waals surface area contributed by atoms with E-state index in [1.165, 1.54) is 5.56 Å². The summed E-state index contributed by atoms with van der Waals surface area (Å²) in [4.78, 5) is 0. The van der Waals surface area contributed by atoms with Gasteiger partial charge in [-0.3, -0.25) is 0 Å². The summed E-state index contributed by atoms with van der Waals surface area (Å²) in [5, 5.41) is 0. The average Bonchev–Trinajstić information content (AvgIpc) is 2.10. The van der Waals surface area contributed by atoms with Crippen LogP contribution in [0.15, 0.2) is 30.3 Å². The van der Waals surface area contributed by atoms with Gasteiger partial charge in [0.15, 0.2) is 0 Å². The zero-order chi connectivity index (χ0) is 7.82. The maximum atomic E-state index is 7.50. The fraction of sp³-hybridized carbons (Fsp3) is 0.222. The van der Waals surface area contributed by atoms with E-state index in [1.807, 2.05) is 6.07 Å². The summed E-state index contributed by atoms with van der Waals surface area (Å²) in [6.45, 7) is 6.66. The van der Waals surface area contributed by atoms with Crippen LogP contribution in [0, 0.1) is 6.65 Å². The quantitative estimate of drug-likeness (QED) is 0.414. The van der Waals surface area contributed by atoms with Gasteiger partial charge in [0.1, 0.15) is 0 Å². The third-order valence-corrected chi connectivity index (χ3v) is 1.25. The Hall–Kier alpha value is -1.04. The maximum absolute atomic E-state index is 7.50.